The summed E-state index contributed by atoms with van der Waals surface area (Å²) in [6.07, 6.45) is 10.2. The quantitative estimate of drug-likeness (QED) is 0.677. The van der Waals surface area contributed by atoms with E-state index in [0.717, 1.165) is 18.1 Å². The summed E-state index contributed by atoms with van der Waals surface area (Å²) < 4.78 is 0. The SMILES string of the molecule is C[C@@H]1CCC[C@H](C)[NH+]1C[C@@H]1CCCCC[NH2+]1. The van der Waals surface area contributed by atoms with E-state index in [9.17, 15) is 0 Å². The van der Waals surface area contributed by atoms with Crippen LogP contribution in [-0.4, -0.2) is 31.2 Å². The number of hydrogen-bond donors (Lipinski definition) is 2. The predicted octanol–water partition coefficient (Wildman–Crippen LogP) is 0.338. The maximum atomic E-state index is 2.63. The summed E-state index contributed by atoms with van der Waals surface area (Å²) in [4.78, 5) is 1.90. The van der Waals surface area contributed by atoms with Gasteiger partial charge in [-0.1, -0.05) is 0 Å². The minimum Gasteiger partial charge on any atom is -0.339 e. The van der Waals surface area contributed by atoms with Gasteiger partial charge in [0.2, 0.25) is 0 Å². The lowest BCUT2D eigenvalue weighted by molar-refractivity contribution is -0.965. The summed E-state index contributed by atoms with van der Waals surface area (Å²) in [7, 11) is 0. The Labute approximate surface area is 101 Å². The van der Waals surface area contributed by atoms with Crippen molar-refractivity contribution in [3.63, 3.8) is 0 Å². The van der Waals surface area contributed by atoms with Gasteiger partial charge in [-0.2, -0.15) is 0 Å². The van der Waals surface area contributed by atoms with Gasteiger partial charge in [0.25, 0.3) is 0 Å². The van der Waals surface area contributed by atoms with E-state index < -0.39 is 0 Å². The Bertz CT molecular complexity index is 187. The number of nitrogens with two attached hydrogens (primary N) is 1. The smallest absolute Gasteiger partial charge is 0.135 e. The molecule has 3 N–H and O–H groups in total. The monoisotopic (exact) mass is 226 g/mol. The summed E-state index contributed by atoms with van der Waals surface area (Å²) >= 11 is 0. The molecule has 2 heterocycles. The summed E-state index contributed by atoms with van der Waals surface area (Å²) in [5, 5.41) is 2.63. The normalized spacial score (nSPS) is 41.6. The average molecular weight is 226 g/mol. The lowest BCUT2D eigenvalue weighted by Gasteiger charge is -2.37. The highest BCUT2D eigenvalue weighted by Crippen LogP contribution is 2.08. The molecule has 2 aliphatic heterocycles. The summed E-state index contributed by atoms with van der Waals surface area (Å²) in [6.45, 7) is 7.71. The molecule has 94 valence electrons. The first kappa shape index (κ1) is 12.4. The Kier molecular flexibility index (Phi) is 4.66. The van der Waals surface area contributed by atoms with E-state index in [1.54, 1.807) is 0 Å². The van der Waals surface area contributed by atoms with Crippen LogP contribution < -0.4 is 10.2 Å². The maximum absolute atomic E-state index is 2.63. The predicted molar refractivity (Wildman–Crippen MR) is 67.7 cm³/mol. The van der Waals surface area contributed by atoms with E-state index in [2.05, 4.69) is 19.2 Å². The largest absolute Gasteiger partial charge is 0.339 e. The van der Waals surface area contributed by atoms with Crippen LogP contribution in [0.15, 0.2) is 0 Å². The van der Waals surface area contributed by atoms with E-state index in [1.807, 2.05) is 4.90 Å². The van der Waals surface area contributed by atoms with Crippen LogP contribution >= 0.6 is 0 Å². The molecule has 0 aromatic carbocycles. The molecule has 0 bridgehead atoms. The first-order chi connectivity index (χ1) is 7.77. The molecule has 2 saturated heterocycles. The fraction of sp³-hybridized carbons (Fsp3) is 1.00. The molecule has 2 rings (SSSR count). The van der Waals surface area contributed by atoms with Crippen molar-refractivity contribution in [3.8, 4) is 0 Å². The molecular weight excluding hydrogens is 196 g/mol. The van der Waals surface area contributed by atoms with Crippen LogP contribution in [-0.2, 0) is 0 Å². The van der Waals surface area contributed by atoms with Gasteiger partial charge in [-0.3, -0.25) is 0 Å². The molecular formula is C14H30N2+2. The van der Waals surface area contributed by atoms with Gasteiger partial charge in [0.1, 0.15) is 12.6 Å². The van der Waals surface area contributed by atoms with Crippen molar-refractivity contribution in [2.24, 2.45) is 0 Å². The molecule has 0 amide bonds. The molecule has 16 heavy (non-hydrogen) atoms. The average Bonchev–Trinajstić information content (AvgIpc) is 2.52. The van der Waals surface area contributed by atoms with E-state index in [1.165, 1.54) is 58.0 Å². The van der Waals surface area contributed by atoms with Crippen LogP contribution in [0, 0.1) is 0 Å². The van der Waals surface area contributed by atoms with Crippen LogP contribution in [0.2, 0.25) is 0 Å². The summed E-state index contributed by atoms with van der Waals surface area (Å²) in [6, 6.07) is 2.72. The minimum absolute atomic E-state index is 0.903. The van der Waals surface area contributed by atoms with E-state index in [-0.39, 0.29) is 0 Å². The highest BCUT2D eigenvalue weighted by atomic mass is 15.2. The van der Waals surface area contributed by atoms with Crippen molar-refractivity contribution in [1.82, 2.24) is 0 Å². The van der Waals surface area contributed by atoms with Gasteiger partial charge < -0.3 is 10.2 Å². The van der Waals surface area contributed by atoms with Crippen molar-refractivity contribution in [2.75, 3.05) is 13.1 Å². The van der Waals surface area contributed by atoms with E-state index >= 15 is 0 Å². The van der Waals surface area contributed by atoms with Crippen molar-refractivity contribution < 1.29 is 10.2 Å². The number of piperidine rings is 1. The van der Waals surface area contributed by atoms with Crippen LogP contribution in [0.5, 0.6) is 0 Å². The molecule has 0 aliphatic carbocycles. The van der Waals surface area contributed by atoms with Crippen molar-refractivity contribution in [2.45, 2.75) is 76.9 Å². The molecule has 2 fully saturated rings. The van der Waals surface area contributed by atoms with Crippen molar-refractivity contribution in [1.29, 1.82) is 0 Å². The van der Waals surface area contributed by atoms with Gasteiger partial charge in [-0.25, -0.2) is 0 Å². The topological polar surface area (TPSA) is 21.1 Å². The lowest BCUT2D eigenvalue weighted by Crippen LogP contribution is -3.22. The zero-order valence-electron chi connectivity index (χ0n) is 11.2. The molecule has 1 unspecified atom stereocenters. The van der Waals surface area contributed by atoms with Crippen molar-refractivity contribution >= 4 is 0 Å². The molecule has 4 atom stereocenters. The minimum atomic E-state index is 0.903. The molecule has 0 saturated carbocycles. The Morgan fingerprint density at radius 2 is 1.69 bits per heavy atom. The molecule has 2 heteroatoms. The molecule has 0 aromatic heterocycles. The molecule has 2 aliphatic rings. The van der Waals surface area contributed by atoms with Crippen LogP contribution in [0.1, 0.15) is 58.8 Å². The molecule has 0 radical (unpaired) electrons. The second-order valence-electron chi connectivity index (χ2n) is 6.15. The molecule has 0 spiro atoms. The Balaban J connectivity index is 1.85. The number of quaternary nitrogens is 2. The number of likely N-dealkylation sites (tertiary alicyclic amines) is 1. The number of hydrogen-bond acceptors (Lipinski definition) is 0. The first-order valence-electron chi connectivity index (χ1n) is 7.46. The lowest BCUT2D eigenvalue weighted by atomic mass is 9.96. The summed E-state index contributed by atoms with van der Waals surface area (Å²) in [5.41, 5.74) is 0. The standard InChI is InChI=1S/C14H28N2/c1-12-7-6-8-13(2)16(12)11-14-9-4-3-5-10-15-14/h12-15H,3-11H2,1-2H3/p+2/t12-,13+,14-/m0/s1. The number of rotatable bonds is 2. The Hall–Kier alpha value is -0.0800. The van der Waals surface area contributed by atoms with Gasteiger partial charge in [-0.05, 0) is 52.4 Å². The van der Waals surface area contributed by atoms with Gasteiger partial charge in [0, 0.05) is 6.42 Å². The second kappa shape index (κ2) is 6.02. The highest BCUT2D eigenvalue weighted by molar-refractivity contribution is 4.65. The zero-order chi connectivity index (χ0) is 11.4. The van der Waals surface area contributed by atoms with Crippen LogP contribution in [0.3, 0.4) is 0 Å². The van der Waals surface area contributed by atoms with Gasteiger partial charge in [-0.15, -0.1) is 0 Å². The van der Waals surface area contributed by atoms with E-state index in [4.69, 9.17) is 0 Å². The van der Waals surface area contributed by atoms with E-state index in [0.29, 0.717) is 0 Å². The Morgan fingerprint density at radius 3 is 2.44 bits per heavy atom. The van der Waals surface area contributed by atoms with Crippen molar-refractivity contribution in [3.05, 3.63) is 0 Å². The zero-order valence-corrected chi connectivity index (χ0v) is 11.2. The number of nitrogens with one attached hydrogen (secondary N) is 1. The third-order valence-corrected chi connectivity index (χ3v) is 4.82. The fourth-order valence-corrected chi connectivity index (χ4v) is 3.68. The van der Waals surface area contributed by atoms with Gasteiger partial charge in [0.05, 0.1) is 18.6 Å². The maximum Gasteiger partial charge on any atom is 0.135 e. The van der Waals surface area contributed by atoms with Gasteiger partial charge in [0.15, 0.2) is 0 Å². The van der Waals surface area contributed by atoms with Gasteiger partial charge >= 0.3 is 0 Å². The Morgan fingerprint density at radius 1 is 0.938 bits per heavy atom. The van der Waals surface area contributed by atoms with Crippen LogP contribution in [0.4, 0.5) is 0 Å². The third-order valence-electron chi connectivity index (χ3n) is 4.82. The highest BCUT2D eigenvalue weighted by Gasteiger charge is 2.31. The first-order valence-corrected chi connectivity index (χ1v) is 7.46. The van der Waals surface area contributed by atoms with Crippen LogP contribution in [0.25, 0.3) is 0 Å². The molecule has 0 aromatic rings. The fourth-order valence-electron chi connectivity index (χ4n) is 3.68. The second-order valence-corrected chi connectivity index (χ2v) is 6.15. The summed E-state index contributed by atoms with van der Waals surface area (Å²) in [5.74, 6) is 0. The third kappa shape index (κ3) is 3.21. The molecule has 2 nitrogen and oxygen atoms in total.